The molecule has 0 radical (unpaired) electrons. The highest BCUT2D eigenvalue weighted by molar-refractivity contribution is 7.90. The average Bonchev–Trinajstić information content (AvgIpc) is 3.06. The van der Waals surface area contributed by atoms with Crippen LogP contribution < -0.4 is 4.90 Å². The van der Waals surface area contributed by atoms with E-state index in [0.717, 1.165) is 30.9 Å². The highest BCUT2D eigenvalue weighted by Crippen LogP contribution is 2.35. The fourth-order valence-corrected chi connectivity index (χ4v) is 3.45. The highest BCUT2D eigenvalue weighted by Gasteiger charge is 2.29. The third-order valence-corrected chi connectivity index (χ3v) is 5.02. The van der Waals surface area contributed by atoms with Crippen LogP contribution in [0.25, 0.3) is 0 Å². The molecule has 1 aliphatic heterocycles. The van der Waals surface area contributed by atoms with Crippen LogP contribution in [0.5, 0.6) is 0 Å². The maximum Gasteiger partial charge on any atom is 0.175 e. The normalized spacial score (nSPS) is 19.1. The number of aromatic nitrogens is 3. The van der Waals surface area contributed by atoms with E-state index in [-0.39, 0.29) is 6.04 Å². The predicted octanol–water partition coefficient (Wildman–Crippen LogP) is 1.56. The molecule has 0 N–H and O–H groups in total. The zero-order valence-corrected chi connectivity index (χ0v) is 12.9. The lowest BCUT2D eigenvalue weighted by Gasteiger charge is -2.26. The second kappa shape index (κ2) is 5.14. The van der Waals surface area contributed by atoms with Crippen LogP contribution in [0.2, 0.25) is 0 Å². The summed E-state index contributed by atoms with van der Waals surface area (Å²) in [4.78, 5) is 2.61. The van der Waals surface area contributed by atoms with Gasteiger partial charge >= 0.3 is 0 Å². The van der Waals surface area contributed by atoms with Crippen LogP contribution >= 0.6 is 0 Å². The number of rotatable bonds is 3. The smallest absolute Gasteiger partial charge is 0.175 e. The Labute approximate surface area is 124 Å². The summed E-state index contributed by atoms with van der Waals surface area (Å²) < 4.78 is 25.0. The zero-order chi connectivity index (χ0) is 15.0. The summed E-state index contributed by atoms with van der Waals surface area (Å²) in [5, 5.41) is 8.15. The van der Waals surface area contributed by atoms with E-state index < -0.39 is 9.84 Å². The molecule has 0 bridgehead atoms. The van der Waals surface area contributed by atoms with Crippen molar-refractivity contribution >= 4 is 15.5 Å². The summed E-state index contributed by atoms with van der Waals surface area (Å²) in [5.41, 5.74) is 1.02. The van der Waals surface area contributed by atoms with E-state index in [9.17, 15) is 8.42 Å². The van der Waals surface area contributed by atoms with E-state index in [0.29, 0.717) is 4.90 Å². The number of anilines is 1. The lowest BCUT2D eigenvalue weighted by molar-refractivity contribution is 0.601. The van der Waals surface area contributed by atoms with E-state index in [2.05, 4.69) is 15.1 Å². The maximum absolute atomic E-state index is 11.5. The Bertz CT molecular complexity index is 737. The second-order valence-corrected chi connectivity index (χ2v) is 7.43. The lowest BCUT2D eigenvalue weighted by Crippen LogP contribution is -2.24. The first-order valence-corrected chi connectivity index (χ1v) is 8.76. The van der Waals surface area contributed by atoms with Gasteiger partial charge in [0.15, 0.2) is 15.7 Å². The molecule has 1 aromatic heterocycles. The van der Waals surface area contributed by atoms with Crippen LogP contribution in [0.15, 0.2) is 35.5 Å². The quantitative estimate of drug-likeness (QED) is 0.861. The third kappa shape index (κ3) is 2.65. The first-order valence-electron chi connectivity index (χ1n) is 6.87. The number of aryl methyl sites for hydroxylation is 1. The van der Waals surface area contributed by atoms with E-state index in [1.165, 1.54) is 6.26 Å². The molecule has 112 valence electrons. The van der Waals surface area contributed by atoms with Crippen molar-refractivity contribution in [2.24, 2.45) is 7.05 Å². The van der Waals surface area contributed by atoms with E-state index in [1.54, 1.807) is 18.5 Å². The Morgan fingerprint density at radius 1 is 1.24 bits per heavy atom. The van der Waals surface area contributed by atoms with Crippen molar-refractivity contribution in [2.75, 3.05) is 17.7 Å². The third-order valence-electron chi connectivity index (χ3n) is 3.89. The molecule has 21 heavy (non-hydrogen) atoms. The van der Waals surface area contributed by atoms with Gasteiger partial charge in [0.2, 0.25) is 0 Å². The van der Waals surface area contributed by atoms with Gasteiger partial charge in [-0.25, -0.2) is 8.42 Å². The van der Waals surface area contributed by atoms with Gasteiger partial charge in [0, 0.05) is 25.5 Å². The number of hydrogen-bond acceptors (Lipinski definition) is 5. The average molecular weight is 306 g/mol. The highest BCUT2D eigenvalue weighted by atomic mass is 32.2. The fraction of sp³-hybridized carbons (Fsp3) is 0.429. The van der Waals surface area contributed by atoms with Gasteiger partial charge in [-0.3, -0.25) is 0 Å². The van der Waals surface area contributed by atoms with Crippen LogP contribution in [0, 0.1) is 0 Å². The van der Waals surface area contributed by atoms with E-state index in [1.807, 2.05) is 23.7 Å². The zero-order valence-electron chi connectivity index (χ0n) is 12.1. The molecule has 0 amide bonds. The molecule has 1 fully saturated rings. The minimum Gasteiger partial charge on any atom is -0.361 e. The molecule has 1 saturated heterocycles. The summed E-state index contributed by atoms with van der Waals surface area (Å²) in [6, 6.07) is 7.26. The van der Waals surface area contributed by atoms with Crippen LogP contribution in [0.3, 0.4) is 0 Å². The monoisotopic (exact) mass is 306 g/mol. The molecular weight excluding hydrogens is 288 g/mol. The van der Waals surface area contributed by atoms with Crippen molar-refractivity contribution in [3.05, 3.63) is 36.4 Å². The maximum atomic E-state index is 11.5. The number of nitrogens with zero attached hydrogens (tertiary/aromatic N) is 4. The van der Waals surface area contributed by atoms with Gasteiger partial charge in [0.1, 0.15) is 6.33 Å². The van der Waals surface area contributed by atoms with Gasteiger partial charge in [-0.1, -0.05) is 0 Å². The molecule has 0 saturated carbocycles. The molecule has 0 spiro atoms. The molecule has 1 aliphatic rings. The minimum atomic E-state index is -3.15. The molecule has 7 heteroatoms. The summed E-state index contributed by atoms with van der Waals surface area (Å²) in [6.45, 7) is 0.940. The summed E-state index contributed by atoms with van der Waals surface area (Å²) in [6.07, 6.45) is 5.05. The first-order chi connectivity index (χ1) is 9.97. The largest absolute Gasteiger partial charge is 0.361 e. The molecule has 6 nitrogen and oxygen atoms in total. The molecular formula is C14H18N4O2S. The van der Waals surface area contributed by atoms with Crippen molar-refractivity contribution in [3.63, 3.8) is 0 Å². The molecule has 1 atom stereocenters. The van der Waals surface area contributed by atoms with Crippen molar-refractivity contribution < 1.29 is 8.42 Å². The van der Waals surface area contributed by atoms with Gasteiger partial charge in [-0.15, -0.1) is 10.2 Å². The molecule has 2 heterocycles. The Morgan fingerprint density at radius 3 is 2.52 bits per heavy atom. The van der Waals surface area contributed by atoms with Crippen molar-refractivity contribution in [1.82, 2.24) is 14.8 Å². The fourth-order valence-electron chi connectivity index (χ4n) is 2.82. The van der Waals surface area contributed by atoms with Gasteiger partial charge in [-0.05, 0) is 37.1 Å². The molecule has 1 aromatic carbocycles. The van der Waals surface area contributed by atoms with Gasteiger partial charge in [0.25, 0.3) is 0 Å². The molecule has 0 aliphatic carbocycles. The lowest BCUT2D eigenvalue weighted by atomic mass is 10.2. The Morgan fingerprint density at radius 2 is 1.95 bits per heavy atom. The Hall–Kier alpha value is -1.89. The number of sulfone groups is 1. The summed E-state index contributed by atoms with van der Waals surface area (Å²) in [5.74, 6) is 0.944. The Kier molecular flexibility index (Phi) is 3.44. The minimum absolute atomic E-state index is 0.196. The standard InChI is InChI=1S/C14H18N4O2S/c1-17-10-15-16-14(17)13-4-3-9-18(13)11-5-7-12(8-6-11)21(2,19)20/h5-8,10,13H,3-4,9H2,1-2H3. The van der Waals surface area contributed by atoms with Crippen molar-refractivity contribution in [3.8, 4) is 0 Å². The SMILES string of the molecule is Cn1cnnc1C1CCCN1c1ccc(S(C)(=O)=O)cc1. The summed E-state index contributed by atoms with van der Waals surface area (Å²) >= 11 is 0. The van der Waals surface area contributed by atoms with Crippen LogP contribution in [-0.2, 0) is 16.9 Å². The summed E-state index contributed by atoms with van der Waals surface area (Å²) in [7, 11) is -1.21. The molecule has 2 aromatic rings. The van der Waals surface area contributed by atoms with Gasteiger partial charge in [0.05, 0.1) is 10.9 Å². The van der Waals surface area contributed by atoms with Crippen LogP contribution in [0.4, 0.5) is 5.69 Å². The van der Waals surface area contributed by atoms with E-state index >= 15 is 0 Å². The van der Waals surface area contributed by atoms with Crippen molar-refractivity contribution in [2.45, 2.75) is 23.8 Å². The number of benzene rings is 1. The Balaban J connectivity index is 1.91. The topological polar surface area (TPSA) is 68.1 Å². The predicted molar refractivity (Wildman–Crippen MR) is 79.9 cm³/mol. The van der Waals surface area contributed by atoms with Crippen LogP contribution in [0.1, 0.15) is 24.7 Å². The molecule has 3 rings (SSSR count). The molecule has 1 unspecified atom stereocenters. The van der Waals surface area contributed by atoms with Gasteiger partial charge < -0.3 is 9.47 Å². The van der Waals surface area contributed by atoms with Crippen molar-refractivity contribution in [1.29, 1.82) is 0 Å². The van der Waals surface area contributed by atoms with Gasteiger partial charge in [-0.2, -0.15) is 0 Å². The van der Waals surface area contributed by atoms with E-state index in [4.69, 9.17) is 0 Å². The van der Waals surface area contributed by atoms with Crippen LogP contribution in [-0.4, -0.2) is 36.0 Å². The number of hydrogen-bond donors (Lipinski definition) is 0. The second-order valence-electron chi connectivity index (χ2n) is 5.42. The first kappa shape index (κ1) is 14.1.